The topological polar surface area (TPSA) is 294 Å². The van der Waals surface area contributed by atoms with Crippen LogP contribution in [0.2, 0.25) is 0 Å². The van der Waals surface area contributed by atoms with Crippen molar-refractivity contribution in [2.24, 2.45) is 0 Å². The molecule has 2 fully saturated rings. The lowest BCUT2D eigenvalue weighted by atomic mass is 9.94. The van der Waals surface area contributed by atoms with Crippen molar-refractivity contribution >= 4 is 33.2 Å². The number of aliphatic hydroxyl groups is 1. The molecule has 7 N–H and O–H groups in total. The molecule has 0 radical (unpaired) electrons. The summed E-state index contributed by atoms with van der Waals surface area (Å²) >= 11 is 0. The van der Waals surface area contributed by atoms with Crippen molar-refractivity contribution in [3.63, 3.8) is 0 Å². The van der Waals surface area contributed by atoms with E-state index in [2.05, 4.69) is 50.5 Å². The van der Waals surface area contributed by atoms with Crippen LogP contribution in [0, 0.1) is 0 Å². The molecule has 2 saturated heterocycles. The minimum Gasteiger partial charge on any atom is -0.388 e. The molecule has 538 valence electrons. The van der Waals surface area contributed by atoms with Crippen LogP contribution in [-0.2, 0) is 65.7 Å². The highest BCUT2D eigenvalue weighted by molar-refractivity contribution is 7.46. The van der Waals surface area contributed by atoms with E-state index in [0.29, 0.717) is 32.3 Å². The molecule has 0 aromatic heterocycles. The maximum Gasteiger partial charge on any atom is 0.472 e. The standard InChI is InChI=1S/C37H72NO10P.C31H60NO9P/c1-6-8-10-12-13-14-15-16-17-18-19-20-21-23-25-27-33(39)38-34-36(46-29-28-31(44-4)26-24-22-11-9-7-2)35(48-49(40,41)42)32(30-43-3)47-37(34)45-5;1-4-7-9-11-13-15-16-18-20-22-25(33)24-27(34)32-28-30(39-23-21-19-17-14-12-10-8-5-2)29(35)26(6-3)40-31(28)41-42(36,37)38/h14-15,31-32,34-37H,6-13,16-30H2,1-5H3,(H,38,39)(H2,40,41,42);26,28-31,35H,4-24H2,1-3H3,(H,32,34)(H2,36,37,38)/b15-14-;/t31-,32-,34-,35-,36-,37-;26?,28-,29-,30-,31-/m11/s1. The van der Waals surface area contributed by atoms with Crippen molar-refractivity contribution in [1.82, 2.24) is 10.6 Å². The predicted molar refractivity (Wildman–Crippen MR) is 358 cm³/mol. The van der Waals surface area contributed by atoms with Gasteiger partial charge in [0.1, 0.15) is 48.4 Å². The Morgan fingerprint density at radius 2 is 0.923 bits per heavy atom. The van der Waals surface area contributed by atoms with Crippen molar-refractivity contribution in [2.45, 2.75) is 365 Å². The first kappa shape index (κ1) is 87.3. The second kappa shape index (κ2) is 56.3. The van der Waals surface area contributed by atoms with Crippen LogP contribution in [-0.4, -0.2) is 151 Å². The molecule has 2 rings (SSSR count). The maximum absolute atomic E-state index is 13.1. The predicted octanol–water partition coefficient (Wildman–Crippen LogP) is 14.6. The molecule has 11 atom stereocenters. The number of amides is 2. The smallest absolute Gasteiger partial charge is 0.388 e. The van der Waals surface area contributed by atoms with Crippen molar-refractivity contribution in [2.75, 3.05) is 41.2 Å². The molecule has 2 aliphatic rings. The zero-order chi connectivity index (χ0) is 67.4. The Hall–Kier alpha value is -1.75. The number of phosphoric ester groups is 2. The van der Waals surface area contributed by atoms with E-state index in [9.17, 15) is 48.2 Å². The molecule has 2 heterocycles. The number of ether oxygens (including phenoxy) is 7. The summed E-state index contributed by atoms with van der Waals surface area (Å²) in [6.45, 7) is 11.1. The number of hydrogen-bond donors (Lipinski definition) is 7. The molecule has 21 nitrogen and oxygen atoms in total. The average Bonchev–Trinajstić information content (AvgIpc) is 0.825. The van der Waals surface area contributed by atoms with Crippen LogP contribution >= 0.6 is 15.6 Å². The van der Waals surface area contributed by atoms with Gasteiger partial charge in [-0.3, -0.25) is 23.4 Å². The number of hydrogen-bond acceptors (Lipinski definition) is 15. The van der Waals surface area contributed by atoms with Gasteiger partial charge in [-0.05, 0) is 64.2 Å². The Morgan fingerprint density at radius 1 is 0.484 bits per heavy atom. The Kier molecular flexibility index (Phi) is 54.0. The number of aliphatic hydroxyl groups excluding tert-OH is 1. The summed E-state index contributed by atoms with van der Waals surface area (Å²) in [4.78, 5) is 77.0. The van der Waals surface area contributed by atoms with Crippen LogP contribution in [0.1, 0.15) is 298 Å². The van der Waals surface area contributed by atoms with Gasteiger partial charge in [0.25, 0.3) is 0 Å². The summed E-state index contributed by atoms with van der Waals surface area (Å²) in [5, 5.41) is 16.6. The van der Waals surface area contributed by atoms with E-state index in [1.165, 1.54) is 143 Å². The van der Waals surface area contributed by atoms with E-state index in [1.807, 2.05) is 0 Å². The molecular weight excluding hydrogens is 1210 g/mol. The van der Waals surface area contributed by atoms with E-state index in [0.717, 1.165) is 103 Å². The summed E-state index contributed by atoms with van der Waals surface area (Å²) in [6.07, 6.45) is 38.2. The molecule has 0 bridgehead atoms. The molecule has 0 spiro atoms. The highest BCUT2D eigenvalue weighted by Crippen LogP contribution is 2.43. The number of unbranched alkanes of at least 4 members (excludes halogenated alkanes) is 30. The van der Waals surface area contributed by atoms with Gasteiger partial charge in [-0.25, -0.2) is 9.13 Å². The number of Topliss-reactive ketones (excluding diaryl/α,β-unsaturated/α-hetero) is 1. The fraction of sp³-hybridized carbons (Fsp3) is 0.926. The van der Waals surface area contributed by atoms with Crippen molar-refractivity contribution in [1.29, 1.82) is 0 Å². The van der Waals surface area contributed by atoms with Gasteiger partial charge in [0, 0.05) is 47.4 Å². The molecule has 23 heteroatoms. The zero-order valence-electron chi connectivity index (χ0n) is 58.0. The third-order valence-corrected chi connectivity index (χ3v) is 18.0. The first-order valence-corrected chi connectivity index (χ1v) is 38.9. The van der Waals surface area contributed by atoms with Gasteiger partial charge >= 0.3 is 15.6 Å². The molecule has 2 amide bonds. The van der Waals surface area contributed by atoms with E-state index in [4.69, 9.17) is 42.2 Å². The van der Waals surface area contributed by atoms with Crippen molar-refractivity contribution < 1.29 is 90.4 Å². The largest absolute Gasteiger partial charge is 0.472 e. The fourth-order valence-electron chi connectivity index (χ4n) is 11.8. The van der Waals surface area contributed by atoms with Gasteiger partial charge < -0.3 is 68.5 Å². The Labute approximate surface area is 550 Å². The average molecular weight is 1340 g/mol. The number of rotatable bonds is 58. The maximum atomic E-state index is 13.1. The second-order valence-corrected chi connectivity index (χ2v) is 27.5. The Balaban J connectivity index is 0.000000921. The van der Waals surface area contributed by atoms with Crippen molar-refractivity contribution in [3.8, 4) is 0 Å². The lowest BCUT2D eigenvalue weighted by molar-refractivity contribution is -0.268. The van der Waals surface area contributed by atoms with Gasteiger partial charge in [0.2, 0.25) is 11.8 Å². The molecule has 1 unspecified atom stereocenters. The highest BCUT2D eigenvalue weighted by Gasteiger charge is 2.51. The zero-order valence-corrected chi connectivity index (χ0v) is 59.8. The van der Waals surface area contributed by atoms with Gasteiger partial charge in [0.15, 0.2) is 12.6 Å². The number of methoxy groups -OCH3 is 3. The number of allylic oxidation sites excluding steroid dienone is 2. The van der Waals surface area contributed by atoms with Crippen LogP contribution in [0.25, 0.3) is 0 Å². The molecule has 0 aliphatic carbocycles. The quantitative estimate of drug-likeness (QED) is 0.0129. The van der Waals surface area contributed by atoms with Gasteiger partial charge in [0.05, 0.1) is 25.2 Å². The Bertz CT molecular complexity index is 1900. The highest BCUT2D eigenvalue weighted by atomic mass is 31.2. The van der Waals surface area contributed by atoms with E-state index >= 15 is 0 Å². The van der Waals surface area contributed by atoms with Crippen molar-refractivity contribution in [3.05, 3.63) is 12.2 Å². The lowest BCUT2D eigenvalue weighted by Gasteiger charge is -2.45. The summed E-state index contributed by atoms with van der Waals surface area (Å²) < 4.78 is 74.4. The SMILES string of the molecule is CCCCCC/C=C\CCCCCCCCCC(=O)N[C@H]1[C@H](OC)O[C@H](COC)[C@@H](OP(=O)(O)O)[C@@H]1OCC[C@@H](CCCCCCC)OC.CCCCCCCCCCCC(=O)CC(=O)N[C@H]1[C@@H](OP(=O)(O)O)OC(CC)[C@@H](O)[C@@H]1OCCCCCCCCCC. The summed E-state index contributed by atoms with van der Waals surface area (Å²) in [7, 11) is -5.34. The number of carbonyl (C=O) groups is 3. The molecule has 0 aromatic carbocycles. The van der Waals surface area contributed by atoms with Gasteiger partial charge in [-0.15, -0.1) is 0 Å². The first-order valence-electron chi connectivity index (χ1n) is 35.8. The van der Waals surface area contributed by atoms with Crippen LogP contribution in [0.3, 0.4) is 0 Å². The molecule has 0 aromatic rings. The first-order chi connectivity index (χ1) is 43.8. The van der Waals surface area contributed by atoms with E-state index in [-0.39, 0.29) is 37.4 Å². The minimum atomic E-state index is -4.99. The molecular formula is C68H132N2O19P2. The normalized spacial score (nSPS) is 22.4. The second-order valence-electron chi connectivity index (χ2n) is 25.1. The number of nitrogens with one attached hydrogen (secondary N) is 2. The van der Waals surface area contributed by atoms with Gasteiger partial charge in [-0.1, -0.05) is 227 Å². The molecule has 0 saturated carbocycles. The van der Waals surface area contributed by atoms with Crippen LogP contribution < -0.4 is 10.6 Å². The third kappa shape index (κ3) is 44.7. The minimum absolute atomic E-state index is 0.0145. The van der Waals surface area contributed by atoms with E-state index in [1.54, 1.807) is 14.0 Å². The van der Waals surface area contributed by atoms with Crippen LogP contribution in [0.4, 0.5) is 0 Å². The summed E-state index contributed by atoms with van der Waals surface area (Å²) in [5.74, 6) is -1.03. The monoisotopic (exact) mass is 1340 g/mol. The third-order valence-electron chi connectivity index (χ3n) is 17.0. The fourth-order valence-corrected chi connectivity index (χ4v) is 12.8. The number of phosphoric acid groups is 2. The van der Waals surface area contributed by atoms with Crippen LogP contribution in [0.15, 0.2) is 12.2 Å². The van der Waals surface area contributed by atoms with Gasteiger partial charge in [-0.2, -0.15) is 0 Å². The Morgan fingerprint density at radius 3 is 1.42 bits per heavy atom. The summed E-state index contributed by atoms with van der Waals surface area (Å²) in [6, 6.07) is -2.06. The molecule has 91 heavy (non-hydrogen) atoms. The van der Waals surface area contributed by atoms with Crippen LogP contribution in [0.5, 0.6) is 0 Å². The molecule has 2 aliphatic heterocycles. The number of ketones is 1. The lowest BCUT2D eigenvalue weighted by Crippen LogP contribution is -2.66. The van der Waals surface area contributed by atoms with E-state index < -0.39 is 82.8 Å². The number of carbonyl (C=O) groups excluding carboxylic acids is 3. The summed E-state index contributed by atoms with van der Waals surface area (Å²) in [5.41, 5.74) is 0.